The van der Waals surface area contributed by atoms with E-state index in [0.717, 1.165) is 34.4 Å². The fourth-order valence-electron chi connectivity index (χ4n) is 4.33. The highest BCUT2D eigenvalue weighted by Crippen LogP contribution is 2.34. The van der Waals surface area contributed by atoms with Gasteiger partial charge in [-0.2, -0.15) is 5.10 Å². The van der Waals surface area contributed by atoms with Crippen LogP contribution < -0.4 is 15.1 Å². The van der Waals surface area contributed by atoms with Crippen molar-refractivity contribution in [2.24, 2.45) is 5.10 Å². The minimum absolute atomic E-state index is 0.0450. The van der Waals surface area contributed by atoms with Crippen molar-refractivity contribution >= 4 is 29.6 Å². The van der Waals surface area contributed by atoms with E-state index in [-0.39, 0.29) is 17.2 Å². The average Bonchev–Trinajstić information content (AvgIpc) is 3.56. The monoisotopic (exact) mass is 566 g/mol. The lowest BCUT2D eigenvalue weighted by Gasteiger charge is -2.27. The zero-order valence-corrected chi connectivity index (χ0v) is 22.4. The van der Waals surface area contributed by atoms with Crippen LogP contribution in [0, 0.1) is 6.92 Å². The summed E-state index contributed by atoms with van der Waals surface area (Å²) in [5.74, 6) is 0.571. The summed E-state index contributed by atoms with van der Waals surface area (Å²) in [7, 11) is 0. The number of benzene rings is 3. The molecule has 206 valence electrons. The second-order valence-electron chi connectivity index (χ2n) is 8.93. The van der Waals surface area contributed by atoms with Gasteiger partial charge in [0.25, 0.3) is 0 Å². The highest BCUT2D eigenvalue weighted by molar-refractivity contribution is 8.01. The Bertz CT molecular complexity index is 1520. The summed E-state index contributed by atoms with van der Waals surface area (Å²) in [6.45, 7) is 4.08. The van der Waals surface area contributed by atoms with Gasteiger partial charge in [-0.15, -0.1) is 30.0 Å². The normalized spacial score (nSPS) is 15.7. The number of thioether (sulfide) groups is 1. The first kappa shape index (κ1) is 27.3. The third-order valence-electron chi connectivity index (χ3n) is 6.21. The van der Waals surface area contributed by atoms with Gasteiger partial charge in [0.2, 0.25) is 5.91 Å². The van der Waals surface area contributed by atoms with E-state index >= 15 is 0 Å². The lowest BCUT2D eigenvalue weighted by molar-refractivity contribution is -0.274. The largest absolute Gasteiger partial charge is 0.573 e. The second kappa shape index (κ2) is 11.4. The highest BCUT2D eigenvalue weighted by Gasteiger charge is 2.34. The van der Waals surface area contributed by atoms with Crippen molar-refractivity contribution in [3.63, 3.8) is 0 Å². The number of para-hydroxylation sites is 1. The van der Waals surface area contributed by atoms with E-state index in [9.17, 15) is 18.0 Å². The number of nitrogens with one attached hydrogen (secondary N) is 1. The summed E-state index contributed by atoms with van der Waals surface area (Å²) in [5.41, 5.74) is 8.04. The molecule has 8 nitrogen and oxygen atoms in total. The van der Waals surface area contributed by atoms with E-state index in [4.69, 9.17) is 0 Å². The number of amides is 1. The Morgan fingerprint density at radius 2 is 1.88 bits per heavy atom. The number of anilines is 1. The highest BCUT2D eigenvalue weighted by atomic mass is 32.2. The number of hydrogen-bond donors (Lipinski definition) is 1. The van der Waals surface area contributed by atoms with Crippen molar-refractivity contribution in [1.29, 1.82) is 0 Å². The van der Waals surface area contributed by atoms with Crippen LogP contribution in [-0.2, 0) is 11.2 Å². The number of carbonyl (C=O) groups excluding carboxylic acids is 1. The summed E-state index contributed by atoms with van der Waals surface area (Å²) in [6.07, 6.45) is -0.757. The Hall–Kier alpha value is -4.32. The quantitative estimate of drug-likeness (QED) is 0.218. The Morgan fingerprint density at radius 3 is 2.58 bits per heavy atom. The van der Waals surface area contributed by atoms with Crippen LogP contribution in [0.25, 0.3) is 17.1 Å². The van der Waals surface area contributed by atoms with Gasteiger partial charge in [0.05, 0.1) is 23.3 Å². The molecular formula is C28H25F3N6O2S. The molecule has 0 saturated carbocycles. The van der Waals surface area contributed by atoms with Gasteiger partial charge in [-0.3, -0.25) is 15.1 Å². The van der Waals surface area contributed by atoms with Gasteiger partial charge in [0, 0.05) is 5.56 Å². The predicted octanol–water partition coefficient (Wildman–Crippen LogP) is 5.69. The van der Waals surface area contributed by atoms with Crippen molar-refractivity contribution < 1.29 is 22.7 Å². The van der Waals surface area contributed by atoms with Gasteiger partial charge in [0.1, 0.15) is 12.1 Å². The number of hydrazone groups is 1. The molecule has 1 fully saturated rings. The van der Waals surface area contributed by atoms with Crippen molar-refractivity contribution in [2.45, 2.75) is 32.1 Å². The number of aromatic nitrogens is 3. The molecule has 0 aliphatic carbocycles. The molecule has 3 aromatic carbocycles. The molecule has 4 aromatic rings. The SMILES string of the molecule is CCc1cccc(C)c1N1C(=O)CSC1N/N=C/c1ccc(-c2ncn(-c3ccc(OC(F)(F)F)cc3)n2)cc1. The van der Waals surface area contributed by atoms with Gasteiger partial charge >= 0.3 is 6.36 Å². The summed E-state index contributed by atoms with van der Waals surface area (Å²) in [5, 5.41) is 8.81. The molecule has 1 aliphatic heterocycles. The number of halogens is 3. The van der Waals surface area contributed by atoms with Gasteiger partial charge < -0.3 is 4.74 Å². The number of ether oxygens (including phenoxy) is 1. The third-order valence-corrected chi connectivity index (χ3v) is 7.25. The number of aryl methyl sites for hydroxylation is 2. The molecule has 1 aromatic heterocycles. The fourth-order valence-corrected chi connectivity index (χ4v) is 5.27. The van der Waals surface area contributed by atoms with Crippen molar-refractivity contribution in [3.8, 4) is 22.8 Å². The lowest BCUT2D eigenvalue weighted by atomic mass is 10.0. The minimum atomic E-state index is -4.75. The summed E-state index contributed by atoms with van der Waals surface area (Å²) in [6, 6.07) is 18.9. The van der Waals surface area contributed by atoms with Crippen LogP contribution in [-0.4, -0.2) is 44.5 Å². The standard InChI is InChI=1S/C28H25F3N6O2S/c1-3-20-6-4-5-18(2)25(20)37-24(38)16-40-27(37)34-33-15-19-7-9-21(10-8-19)26-32-17-36(35-26)22-11-13-23(14-12-22)39-28(29,30)31/h4-15,17,27,34H,3,16H2,1-2H3/b33-15+. The Kier molecular flexibility index (Phi) is 7.78. The maximum Gasteiger partial charge on any atom is 0.573 e. The molecule has 5 rings (SSSR count). The Labute approximate surface area is 232 Å². The molecule has 1 N–H and O–H groups in total. The molecule has 1 atom stereocenters. The van der Waals surface area contributed by atoms with Crippen LogP contribution in [0.5, 0.6) is 5.75 Å². The van der Waals surface area contributed by atoms with E-state index in [1.54, 1.807) is 11.1 Å². The average molecular weight is 567 g/mol. The van der Waals surface area contributed by atoms with E-state index in [0.29, 0.717) is 17.3 Å². The molecule has 0 spiro atoms. The molecule has 1 saturated heterocycles. The number of nitrogens with zero attached hydrogens (tertiary/aromatic N) is 5. The Morgan fingerprint density at radius 1 is 1.12 bits per heavy atom. The number of hydrogen-bond acceptors (Lipinski definition) is 7. The Balaban J connectivity index is 1.23. The number of alkyl halides is 3. The zero-order chi connectivity index (χ0) is 28.3. The lowest BCUT2D eigenvalue weighted by Crippen LogP contribution is -2.41. The van der Waals surface area contributed by atoms with Gasteiger partial charge in [-0.1, -0.05) is 49.4 Å². The van der Waals surface area contributed by atoms with Crippen LogP contribution in [0.4, 0.5) is 18.9 Å². The minimum Gasteiger partial charge on any atom is -0.406 e. The van der Waals surface area contributed by atoms with Crippen LogP contribution >= 0.6 is 11.8 Å². The molecule has 12 heteroatoms. The molecular weight excluding hydrogens is 541 g/mol. The van der Waals surface area contributed by atoms with E-state index in [1.165, 1.54) is 47.0 Å². The zero-order valence-electron chi connectivity index (χ0n) is 21.6. The summed E-state index contributed by atoms with van der Waals surface area (Å²) in [4.78, 5) is 18.8. The fraction of sp³-hybridized carbons (Fsp3) is 0.214. The van der Waals surface area contributed by atoms with E-state index < -0.39 is 6.36 Å². The van der Waals surface area contributed by atoms with Gasteiger partial charge in [-0.05, 0) is 54.3 Å². The number of carbonyl (C=O) groups is 1. The number of rotatable bonds is 8. The molecule has 1 amide bonds. The van der Waals surface area contributed by atoms with Crippen molar-refractivity contribution in [2.75, 3.05) is 10.7 Å². The van der Waals surface area contributed by atoms with Crippen LogP contribution in [0.3, 0.4) is 0 Å². The van der Waals surface area contributed by atoms with Crippen molar-refractivity contribution in [1.82, 2.24) is 20.2 Å². The topological polar surface area (TPSA) is 84.6 Å². The van der Waals surface area contributed by atoms with Gasteiger partial charge in [0.15, 0.2) is 11.3 Å². The first-order chi connectivity index (χ1) is 19.2. The molecule has 2 heterocycles. The smallest absolute Gasteiger partial charge is 0.406 e. The molecule has 40 heavy (non-hydrogen) atoms. The first-order valence-corrected chi connectivity index (χ1v) is 13.5. The van der Waals surface area contributed by atoms with E-state index in [1.807, 2.05) is 49.4 Å². The first-order valence-electron chi connectivity index (χ1n) is 12.4. The maximum atomic E-state index is 12.7. The molecule has 0 radical (unpaired) electrons. The van der Waals surface area contributed by atoms with Crippen LogP contribution in [0.15, 0.2) is 78.2 Å². The van der Waals surface area contributed by atoms with Gasteiger partial charge in [-0.25, -0.2) is 9.67 Å². The second-order valence-corrected chi connectivity index (χ2v) is 10.00. The van der Waals surface area contributed by atoms with Crippen LogP contribution in [0.2, 0.25) is 0 Å². The maximum absolute atomic E-state index is 12.7. The van der Waals surface area contributed by atoms with Crippen molar-refractivity contribution in [3.05, 3.63) is 89.7 Å². The van der Waals surface area contributed by atoms with Crippen LogP contribution in [0.1, 0.15) is 23.6 Å². The van der Waals surface area contributed by atoms with E-state index in [2.05, 4.69) is 32.3 Å². The predicted molar refractivity (Wildman–Crippen MR) is 148 cm³/mol. The summed E-state index contributed by atoms with van der Waals surface area (Å²) < 4.78 is 42.5. The molecule has 1 unspecified atom stereocenters. The summed E-state index contributed by atoms with van der Waals surface area (Å²) >= 11 is 1.50. The third kappa shape index (κ3) is 6.12. The molecule has 1 aliphatic rings. The molecule has 0 bridgehead atoms.